The second-order valence-corrected chi connectivity index (χ2v) is 7.03. The van der Waals surface area contributed by atoms with E-state index in [1.54, 1.807) is 25.4 Å². The Balaban J connectivity index is 2.50. The van der Waals surface area contributed by atoms with E-state index in [-0.39, 0.29) is 23.5 Å². The van der Waals surface area contributed by atoms with Gasteiger partial charge >= 0.3 is 6.61 Å². The summed E-state index contributed by atoms with van der Waals surface area (Å²) in [5.41, 5.74) is 2.75. The van der Waals surface area contributed by atoms with E-state index in [9.17, 15) is 8.78 Å². The van der Waals surface area contributed by atoms with Crippen LogP contribution in [-0.2, 0) is 6.42 Å². The number of alkyl halides is 2. The van der Waals surface area contributed by atoms with Gasteiger partial charge < -0.3 is 20.1 Å². The van der Waals surface area contributed by atoms with Crippen molar-refractivity contribution < 1.29 is 18.3 Å². The largest absolute Gasteiger partial charge is 0.493 e. The number of hydrogen-bond donors (Lipinski definition) is 2. The van der Waals surface area contributed by atoms with Crippen molar-refractivity contribution in [2.75, 3.05) is 24.8 Å². The van der Waals surface area contributed by atoms with Gasteiger partial charge in [0.25, 0.3) is 0 Å². The summed E-state index contributed by atoms with van der Waals surface area (Å²) in [7, 11) is 3.20. The van der Waals surface area contributed by atoms with E-state index in [1.165, 1.54) is 7.11 Å². The van der Waals surface area contributed by atoms with Crippen LogP contribution in [0, 0.1) is 0 Å². The van der Waals surface area contributed by atoms with Gasteiger partial charge in [0.15, 0.2) is 11.5 Å². The molecule has 2 aromatic rings. The van der Waals surface area contributed by atoms with Gasteiger partial charge in [-0.25, -0.2) is 4.98 Å². The monoisotopic (exact) mass is 394 g/mol. The summed E-state index contributed by atoms with van der Waals surface area (Å²) in [6.07, 6.45) is 2.29. The molecule has 1 heterocycles. The zero-order valence-electron chi connectivity index (χ0n) is 17.1. The second kappa shape index (κ2) is 9.52. The lowest BCUT2D eigenvalue weighted by atomic mass is 9.92. The first-order valence-electron chi connectivity index (χ1n) is 9.20. The Labute approximate surface area is 164 Å². The number of methoxy groups -OCH3 is 1. The van der Waals surface area contributed by atoms with Crippen LogP contribution in [0.2, 0.25) is 0 Å². The number of nitrogens with one attached hydrogen (secondary N) is 2. The zero-order chi connectivity index (χ0) is 20.8. The summed E-state index contributed by atoms with van der Waals surface area (Å²) >= 11 is 0. The van der Waals surface area contributed by atoms with E-state index in [0.29, 0.717) is 12.4 Å². The molecule has 0 unspecified atom stereocenters. The number of hydrogen-bond acceptors (Lipinski definition) is 6. The minimum absolute atomic E-state index is 0.0345. The van der Waals surface area contributed by atoms with Crippen LogP contribution < -0.4 is 20.1 Å². The van der Waals surface area contributed by atoms with Crippen molar-refractivity contribution in [2.24, 2.45) is 0 Å². The van der Waals surface area contributed by atoms with Gasteiger partial charge in [0.05, 0.1) is 7.11 Å². The van der Waals surface area contributed by atoms with Crippen LogP contribution in [0.4, 0.5) is 20.5 Å². The molecule has 0 spiro atoms. The van der Waals surface area contributed by atoms with E-state index in [0.717, 1.165) is 22.5 Å². The van der Waals surface area contributed by atoms with Gasteiger partial charge in [-0.05, 0) is 43.0 Å². The van der Waals surface area contributed by atoms with Crippen molar-refractivity contribution in [1.82, 2.24) is 9.97 Å². The normalized spacial score (nSPS) is 11.2. The molecular weight excluding hydrogens is 366 g/mol. The fourth-order valence-electron chi connectivity index (χ4n) is 2.92. The fourth-order valence-corrected chi connectivity index (χ4v) is 2.92. The lowest BCUT2D eigenvalue weighted by Crippen LogP contribution is -2.15. The summed E-state index contributed by atoms with van der Waals surface area (Å²) in [6, 6.07) is 3.57. The van der Waals surface area contributed by atoms with Crippen LogP contribution in [0.3, 0.4) is 0 Å². The highest BCUT2D eigenvalue weighted by Gasteiger charge is 2.19. The van der Waals surface area contributed by atoms with Gasteiger partial charge in [0.2, 0.25) is 5.95 Å². The van der Waals surface area contributed by atoms with Crippen molar-refractivity contribution in [3.63, 3.8) is 0 Å². The topological polar surface area (TPSA) is 68.3 Å². The minimum atomic E-state index is -2.91. The summed E-state index contributed by atoms with van der Waals surface area (Å²) < 4.78 is 35.4. The molecule has 6 nitrogen and oxygen atoms in total. The molecule has 2 rings (SSSR count). The van der Waals surface area contributed by atoms with Gasteiger partial charge in [0.1, 0.15) is 5.82 Å². The van der Waals surface area contributed by atoms with Crippen molar-refractivity contribution in [1.29, 1.82) is 0 Å². The van der Waals surface area contributed by atoms with Gasteiger partial charge in [-0.1, -0.05) is 13.8 Å². The van der Waals surface area contributed by atoms with Crippen molar-refractivity contribution in [3.8, 4) is 11.5 Å². The first-order valence-corrected chi connectivity index (χ1v) is 9.20. The van der Waals surface area contributed by atoms with Gasteiger partial charge in [-0.2, -0.15) is 13.8 Å². The van der Waals surface area contributed by atoms with Gasteiger partial charge in [-0.3, -0.25) is 0 Å². The van der Waals surface area contributed by atoms with Crippen LogP contribution >= 0.6 is 0 Å². The molecule has 0 radical (unpaired) electrons. The predicted molar refractivity (Wildman–Crippen MR) is 107 cm³/mol. The molecule has 8 heteroatoms. The number of ether oxygens (including phenoxy) is 2. The average molecular weight is 394 g/mol. The highest BCUT2D eigenvalue weighted by atomic mass is 19.3. The Kier molecular flexibility index (Phi) is 7.37. The fraction of sp³-hybridized carbons (Fsp3) is 0.500. The number of rotatable bonds is 9. The van der Waals surface area contributed by atoms with Crippen LogP contribution in [0.1, 0.15) is 50.3 Å². The SMILES string of the molecule is CNc1ncc(Cc2cc(OC)c(OC(F)F)cc2C(C)C)c(NC(C)C)n1. The molecule has 0 saturated carbocycles. The number of benzene rings is 1. The molecule has 28 heavy (non-hydrogen) atoms. The Hall–Kier alpha value is -2.64. The molecule has 0 amide bonds. The Morgan fingerprint density at radius 1 is 1.07 bits per heavy atom. The van der Waals surface area contributed by atoms with Crippen molar-refractivity contribution in [2.45, 2.75) is 52.7 Å². The smallest absolute Gasteiger partial charge is 0.387 e. The maximum atomic E-state index is 12.8. The molecule has 0 bridgehead atoms. The predicted octanol–water partition coefficient (Wildman–Crippen LogP) is 4.66. The standard InChI is InChI=1S/C20H28F2N4O2/c1-11(2)15-9-17(28-19(21)22)16(27-6)8-13(15)7-14-10-24-20(23-5)26-18(14)25-12(3)4/h8-12,19H,7H2,1-6H3,(H2,23,24,25,26). The summed E-state index contributed by atoms with van der Waals surface area (Å²) in [5.74, 6) is 1.67. The number of anilines is 2. The Bertz CT molecular complexity index is 798. The maximum absolute atomic E-state index is 12.8. The molecule has 0 fully saturated rings. The van der Waals surface area contributed by atoms with Gasteiger partial charge in [0, 0.05) is 31.3 Å². The summed E-state index contributed by atoms with van der Waals surface area (Å²) in [6.45, 7) is 5.16. The van der Waals surface area contributed by atoms with E-state index >= 15 is 0 Å². The van der Waals surface area contributed by atoms with Crippen LogP contribution in [0.15, 0.2) is 18.3 Å². The zero-order valence-corrected chi connectivity index (χ0v) is 17.1. The lowest BCUT2D eigenvalue weighted by Gasteiger charge is -2.20. The molecule has 0 aliphatic rings. The third-order valence-electron chi connectivity index (χ3n) is 4.16. The lowest BCUT2D eigenvalue weighted by molar-refractivity contribution is -0.0512. The molecule has 154 valence electrons. The first kappa shape index (κ1) is 21.7. The van der Waals surface area contributed by atoms with E-state index < -0.39 is 6.61 Å². The maximum Gasteiger partial charge on any atom is 0.387 e. The van der Waals surface area contributed by atoms with Crippen molar-refractivity contribution >= 4 is 11.8 Å². The molecule has 0 aliphatic carbocycles. The Morgan fingerprint density at radius 2 is 1.79 bits per heavy atom. The van der Waals surface area contributed by atoms with E-state index in [2.05, 4.69) is 25.3 Å². The summed E-state index contributed by atoms with van der Waals surface area (Å²) in [4.78, 5) is 8.83. The van der Waals surface area contributed by atoms with Crippen LogP contribution in [0.25, 0.3) is 0 Å². The Morgan fingerprint density at radius 3 is 2.32 bits per heavy atom. The van der Waals surface area contributed by atoms with E-state index in [1.807, 2.05) is 27.7 Å². The number of nitrogens with zero attached hydrogens (tertiary/aromatic N) is 2. The molecule has 0 saturated heterocycles. The quantitative estimate of drug-likeness (QED) is 0.645. The first-order chi connectivity index (χ1) is 13.2. The number of aromatic nitrogens is 2. The third-order valence-corrected chi connectivity index (χ3v) is 4.16. The number of halogens is 2. The molecule has 0 aliphatic heterocycles. The third kappa shape index (κ3) is 5.43. The highest BCUT2D eigenvalue weighted by Crippen LogP contribution is 2.36. The van der Waals surface area contributed by atoms with Gasteiger partial charge in [-0.15, -0.1) is 0 Å². The van der Waals surface area contributed by atoms with E-state index in [4.69, 9.17) is 4.74 Å². The van der Waals surface area contributed by atoms with Crippen LogP contribution in [-0.4, -0.2) is 36.8 Å². The molecule has 2 N–H and O–H groups in total. The molecule has 0 atom stereocenters. The molecular formula is C20H28F2N4O2. The minimum Gasteiger partial charge on any atom is -0.493 e. The van der Waals surface area contributed by atoms with Crippen LogP contribution in [0.5, 0.6) is 11.5 Å². The average Bonchev–Trinajstić information content (AvgIpc) is 2.62. The molecule has 1 aromatic heterocycles. The van der Waals surface area contributed by atoms with Crippen molar-refractivity contribution in [3.05, 3.63) is 35.0 Å². The summed E-state index contributed by atoms with van der Waals surface area (Å²) in [5, 5.41) is 6.27. The molecule has 1 aromatic carbocycles. The second-order valence-electron chi connectivity index (χ2n) is 7.03. The highest BCUT2D eigenvalue weighted by molar-refractivity contribution is 5.54.